The summed E-state index contributed by atoms with van der Waals surface area (Å²) in [6.07, 6.45) is 3.98. The Kier molecular flexibility index (Phi) is 4.79. The molecule has 0 aromatic carbocycles. The monoisotopic (exact) mass is 313 g/mol. The minimum Gasteiger partial charge on any atom is -0.367 e. The molecule has 0 atom stereocenters. The van der Waals surface area contributed by atoms with Gasteiger partial charge in [-0.2, -0.15) is 0 Å². The number of nitrogens with one attached hydrogen (secondary N) is 2. The van der Waals surface area contributed by atoms with Crippen LogP contribution in [0, 0.1) is 0 Å². The molecule has 0 aliphatic carbocycles. The van der Waals surface area contributed by atoms with Gasteiger partial charge in [-0.15, -0.1) is 0 Å². The number of aromatic amines is 1. The highest BCUT2D eigenvalue weighted by Crippen LogP contribution is 2.13. The Hall–Kier alpha value is -1.67. The molecule has 0 radical (unpaired) electrons. The average Bonchev–Trinajstić information content (AvgIpc) is 2.47. The van der Waals surface area contributed by atoms with Gasteiger partial charge in [-0.1, -0.05) is 0 Å². The fraction of sp³-hybridized carbons (Fsp3) is 0.538. The van der Waals surface area contributed by atoms with Crippen LogP contribution in [0.1, 0.15) is 30.1 Å². The molecule has 0 unspecified atom stereocenters. The summed E-state index contributed by atoms with van der Waals surface area (Å²) in [5.74, 6) is -0.264. The van der Waals surface area contributed by atoms with Crippen molar-refractivity contribution < 1.29 is 13.2 Å². The molecule has 1 aliphatic rings. The molecule has 1 aromatic heterocycles. The van der Waals surface area contributed by atoms with E-state index in [2.05, 4.69) is 9.71 Å². The molecule has 8 heteroatoms. The zero-order valence-corrected chi connectivity index (χ0v) is 12.6. The molecule has 1 fully saturated rings. The van der Waals surface area contributed by atoms with Crippen molar-refractivity contribution in [3.63, 3.8) is 0 Å². The first kappa shape index (κ1) is 15.7. The lowest BCUT2D eigenvalue weighted by atomic mass is 10.1. The summed E-state index contributed by atoms with van der Waals surface area (Å²) in [5, 5.41) is 0. The van der Waals surface area contributed by atoms with E-state index in [4.69, 9.17) is 0 Å². The van der Waals surface area contributed by atoms with Gasteiger partial charge in [0, 0.05) is 37.6 Å². The maximum absolute atomic E-state index is 12.2. The van der Waals surface area contributed by atoms with Gasteiger partial charge in [0.05, 0.1) is 5.75 Å². The van der Waals surface area contributed by atoms with E-state index in [0.29, 0.717) is 25.9 Å². The predicted molar refractivity (Wildman–Crippen MR) is 78.6 cm³/mol. The van der Waals surface area contributed by atoms with E-state index in [9.17, 15) is 18.0 Å². The Balaban J connectivity index is 1.97. The Morgan fingerprint density at radius 3 is 2.67 bits per heavy atom. The van der Waals surface area contributed by atoms with Crippen LogP contribution in [-0.4, -0.2) is 49.1 Å². The number of rotatable bonds is 4. The molecular formula is C13H19N3O4S. The third kappa shape index (κ3) is 3.92. The Bertz CT molecular complexity index is 660. The standard InChI is InChI=1S/C13H19N3O4S/c1-2-21(19,20)15-10-4-7-16(8-5-10)13(18)11-9-14-6-3-12(11)17/h3,6,9-10,15H,2,4-5,7-8H2,1H3,(H,14,17). The summed E-state index contributed by atoms with van der Waals surface area (Å²) in [7, 11) is -3.22. The summed E-state index contributed by atoms with van der Waals surface area (Å²) in [6.45, 7) is 2.46. The van der Waals surface area contributed by atoms with Crippen molar-refractivity contribution in [2.24, 2.45) is 0 Å². The molecule has 116 valence electrons. The molecular weight excluding hydrogens is 294 g/mol. The highest BCUT2D eigenvalue weighted by Gasteiger charge is 2.26. The number of amides is 1. The molecule has 1 amide bonds. The van der Waals surface area contributed by atoms with Crippen LogP contribution in [0.25, 0.3) is 0 Å². The summed E-state index contributed by atoms with van der Waals surface area (Å²) in [4.78, 5) is 28.2. The fourth-order valence-corrected chi connectivity index (χ4v) is 3.20. The molecule has 2 heterocycles. The van der Waals surface area contributed by atoms with Gasteiger partial charge in [-0.25, -0.2) is 13.1 Å². The lowest BCUT2D eigenvalue weighted by molar-refractivity contribution is 0.0709. The smallest absolute Gasteiger partial charge is 0.259 e. The van der Waals surface area contributed by atoms with E-state index in [-0.39, 0.29) is 28.7 Å². The van der Waals surface area contributed by atoms with Crippen molar-refractivity contribution >= 4 is 15.9 Å². The minimum atomic E-state index is -3.22. The van der Waals surface area contributed by atoms with Crippen molar-refractivity contribution in [2.75, 3.05) is 18.8 Å². The highest BCUT2D eigenvalue weighted by molar-refractivity contribution is 7.89. The third-order valence-corrected chi connectivity index (χ3v) is 5.02. The average molecular weight is 313 g/mol. The van der Waals surface area contributed by atoms with E-state index in [0.717, 1.165) is 0 Å². The van der Waals surface area contributed by atoms with Crippen LogP contribution in [0.2, 0.25) is 0 Å². The van der Waals surface area contributed by atoms with Crippen LogP contribution in [0.5, 0.6) is 0 Å². The number of nitrogens with zero attached hydrogens (tertiary/aromatic N) is 1. The third-order valence-electron chi connectivity index (χ3n) is 3.56. The number of likely N-dealkylation sites (tertiary alicyclic amines) is 1. The molecule has 21 heavy (non-hydrogen) atoms. The molecule has 2 rings (SSSR count). The normalized spacial score (nSPS) is 16.9. The van der Waals surface area contributed by atoms with Gasteiger partial charge in [-0.05, 0) is 19.8 Å². The lowest BCUT2D eigenvalue weighted by Crippen LogP contribution is -2.47. The first-order chi connectivity index (χ1) is 9.93. The van der Waals surface area contributed by atoms with E-state index in [1.807, 2.05) is 0 Å². The first-order valence-electron chi connectivity index (χ1n) is 6.89. The van der Waals surface area contributed by atoms with Gasteiger partial charge in [0.25, 0.3) is 5.91 Å². The number of piperidine rings is 1. The highest BCUT2D eigenvalue weighted by atomic mass is 32.2. The lowest BCUT2D eigenvalue weighted by Gasteiger charge is -2.32. The topological polar surface area (TPSA) is 99.3 Å². The van der Waals surface area contributed by atoms with E-state index in [1.165, 1.54) is 18.5 Å². The van der Waals surface area contributed by atoms with E-state index in [1.54, 1.807) is 11.8 Å². The molecule has 7 nitrogen and oxygen atoms in total. The Morgan fingerprint density at radius 2 is 2.10 bits per heavy atom. The van der Waals surface area contributed by atoms with Crippen LogP contribution < -0.4 is 10.2 Å². The summed E-state index contributed by atoms with van der Waals surface area (Å²) in [6, 6.07) is 1.17. The number of carbonyl (C=O) groups is 1. The van der Waals surface area contributed by atoms with Crippen LogP contribution in [-0.2, 0) is 10.0 Å². The largest absolute Gasteiger partial charge is 0.367 e. The van der Waals surface area contributed by atoms with Crippen molar-refractivity contribution in [1.29, 1.82) is 0 Å². The number of sulfonamides is 1. The fourth-order valence-electron chi connectivity index (χ4n) is 2.29. The second-order valence-electron chi connectivity index (χ2n) is 5.01. The number of aromatic nitrogens is 1. The van der Waals surface area contributed by atoms with Gasteiger partial charge in [0.1, 0.15) is 5.56 Å². The summed E-state index contributed by atoms with van der Waals surface area (Å²) in [5.41, 5.74) is -0.197. The van der Waals surface area contributed by atoms with Crippen LogP contribution in [0.15, 0.2) is 23.3 Å². The van der Waals surface area contributed by atoms with E-state index >= 15 is 0 Å². The zero-order chi connectivity index (χ0) is 15.5. The maximum Gasteiger partial charge on any atom is 0.259 e. The Morgan fingerprint density at radius 1 is 1.43 bits per heavy atom. The quantitative estimate of drug-likeness (QED) is 0.812. The number of hydrogen-bond acceptors (Lipinski definition) is 4. The van der Waals surface area contributed by atoms with Crippen LogP contribution in [0.3, 0.4) is 0 Å². The van der Waals surface area contributed by atoms with Gasteiger partial charge in [0.2, 0.25) is 10.0 Å². The summed E-state index contributed by atoms with van der Waals surface area (Å²) < 4.78 is 25.6. The first-order valence-corrected chi connectivity index (χ1v) is 8.54. The Labute approximate surface area is 123 Å². The van der Waals surface area contributed by atoms with Gasteiger partial charge < -0.3 is 9.88 Å². The number of pyridine rings is 1. The summed E-state index contributed by atoms with van der Waals surface area (Å²) >= 11 is 0. The molecule has 1 aliphatic heterocycles. The second kappa shape index (κ2) is 6.40. The van der Waals surface area contributed by atoms with Crippen LogP contribution in [0.4, 0.5) is 0 Å². The van der Waals surface area contributed by atoms with Crippen molar-refractivity contribution in [3.05, 3.63) is 34.2 Å². The molecule has 2 N–H and O–H groups in total. The number of carbonyl (C=O) groups excluding carboxylic acids is 1. The number of H-pyrrole nitrogens is 1. The molecule has 0 bridgehead atoms. The molecule has 0 spiro atoms. The molecule has 1 aromatic rings. The van der Waals surface area contributed by atoms with Crippen molar-refractivity contribution in [3.8, 4) is 0 Å². The predicted octanol–water partition coefficient (Wildman–Crippen LogP) is -0.0812. The van der Waals surface area contributed by atoms with Crippen molar-refractivity contribution in [2.45, 2.75) is 25.8 Å². The van der Waals surface area contributed by atoms with E-state index < -0.39 is 10.0 Å². The maximum atomic E-state index is 12.2. The molecule has 0 saturated carbocycles. The van der Waals surface area contributed by atoms with Crippen LogP contribution >= 0.6 is 0 Å². The molecule has 1 saturated heterocycles. The van der Waals surface area contributed by atoms with Gasteiger partial charge in [0.15, 0.2) is 5.43 Å². The number of hydrogen-bond donors (Lipinski definition) is 2. The van der Waals surface area contributed by atoms with Gasteiger partial charge in [-0.3, -0.25) is 9.59 Å². The van der Waals surface area contributed by atoms with Crippen molar-refractivity contribution in [1.82, 2.24) is 14.6 Å². The SMILES string of the molecule is CCS(=O)(=O)NC1CCN(C(=O)c2c[nH]ccc2=O)CC1. The minimum absolute atomic E-state index is 0.0472. The van der Waals surface area contributed by atoms with Gasteiger partial charge >= 0.3 is 0 Å². The zero-order valence-electron chi connectivity index (χ0n) is 11.8. The second-order valence-corrected chi connectivity index (χ2v) is 7.05.